The number of aromatic nitrogens is 1. The van der Waals surface area contributed by atoms with Crippen molar-refractivity contribution in [3.8, 4) is 0 Å². The van der Waals surface area contributed by atoms with Crippen LogP contribution in [0, 0.1) is 0 Å². The van der Waals surface area contributed by atoms with Crippen LogP contribution in [0.3, 0.4) is 0 Å². The minimum absolute atomic E-state index is 0.148. The highest BCUT2D eigenvalue weighted by molar-refractivity contribution is 7.92. The van der Waals surface area contributed by atoms with Crippen molar-refractivity contribution < 1.29 is 26.0 Å². The molecule has 0 aliphatic heterocycles. The summed E-state index contributed by atoms with van der Waals surface area (Å²) in [5.74, 6) is 0. The van der Waals surface area contributed by atoms with Crippen LogP contribution in [0.5, 0.6) is 0 Å². The minimum atomic E-state index is -5.39. The van der Waals surface area contributed by atoms with Gasteiger partial charge in [-0.25, -0.2) is 13.4 Å². The number of hydrogen-bond acceptors (Lipinski definition) is 4. The van der Waals surface area contributed by atoms with E-state index < -0.39 is 20.2 Å². The smallest absolute Gasteiger partial charge is 0.445 e. The maximum atomic E-state index is 12.3. The van der Waals surface area contributed by atoms with E-state index in [0.717, 1.165) is 0 Å². The van der Waals surface area contributed by atoms with Crippen LogP contribution in [-0.4, -0.2) is 18.9 Å². The fourth-order valence-electron chi connectivity index (χ4n) is 1.18. The van der Waals surface area contributed by atoms with Gasteiger partial charge >= 0.3 is 5.51 Å². The first-order valence-electron chi connectivity index (χ1n) is 3.97. The van der Waals surface area contributed by atoms with E-state index in [1.54, 1.807) is 0 Å². The second-order valence-corrected chi connectivity index (χ2v) is 4.81. The number of pyridine rings is 1. The second-order valence-electron chi connectivity index (χ2n) is 2.91. The molecule has 8 heteroatoms. The van der Waals surface area contributed by atoms with Gasteiger partial charge in [0.05, 0.1) is 5.39 Å². The molecule has 86 valence electrons. The number of halogens is 3. The van der Waals surface area contributed by atoms with Crippen molar-refractivity contribution >= 4 is 20.9 Å². The lowest BCUT2D eigenvalue weighted by Gasteiger charge is -2.05. The molecule has 16 heavy (non-hydrogen) atoms. The molecule has 0 saturated carbocycles. The van der Waals surface area contributed by atoms with E-state index >= 15 is 0 Å². The molecule has 2 aromatic heterocycles. The standard InChI is InChI=1S/C8H4F3NO3S/c9-8(10,11)16(13,14)6-4-15-7-5(6)2-1-3-12-7/h1-4H. The zero-order valence-electron chi connectivity index (χ0n) is 7.52. The zero-order valence-corrected chi connectivity index (χ0v) is 8.34. The maximum Gasteiger partial charge on any atom is 0.502 e. The summed E-state index contributed by atoms with van der Waals surface area (Å²) in [6.45, 7) is 0. The Balaban J connectivity index is 2.75. The quantitative estimate of drug-likeness (QED) is 0.778. The summed E-state index contributed by atoms with van der Waals surface area (Å²) in [5.41, 5.74) is -5.50. The van der Waals surface area contributed by atoms with Crippen LogP contribution in [-0.2, 0) is 9.84 Å². The molecule has 0 amide bonds. The van der Waals surface area contributed by atoms with E-state index in [2.05, 4.69) is 9.40 Å². The fourth-order valence-corrected chi connectivity index (χ4v) is 2.05. The summed E-state index contributed by atoms with van der Waals surface area (Å²) in [5, 5.41) is -0.181. The van der Waals surface area contributed by atoms with E-state index in [-0.39, 0.29) is 11.1 Å². The molecular weight excluding hydrogens is 247 g/mol. The molecule has 4 nitrogen and oxygen atoms in total. The average Bonchev–Trinajstić information content (AvgIpc) is 2.59. The average molecular weight is 251 g/mol. The van der Waals surface area contributed by atoms with Crippen molar-refractivity contribution in [1.29, 1.82) is 0 Å². The van der Waals surface area contributed by atoms with Gasteiger partial charge in [0.15, 0.2) is 0 Å². The summed E-state index contributed by atoms with van der Waals surface area (Å²) in [6.07, 6.45) is 1.83. The lowest BCUT2D eigenvalue weighted by atomic mass is 10.3. The molecule has 0 atom stereocenters. The largest absolute Gasteiger partial charge is 0.502 e. The van der Waals surface area contributed by atoms with Crippen molar-refractivity contribution in [3.05, 3.63) is 24.6 Å². The Hall–Kier alpha value is -1.57. The van der Waals surface area contributed by atoms with Crippen molar-refractivity contribution in [2.24, 2.45) is 0 Å². The van der Waals surface area contributed by atoms with Gasteiger partial charge < -0.3 is 4.42 Å². The number of alkyl halides is 3. The van der Waals surface area contributed by atoms with Crippen molar-refractivity contribution in [2.75, 3.05) is 0 Å². The first-order valence-corrected chi connectivity index (χ1v) is 5.46. The van der Waals surface area contributed by atoms with E-state index in [4.69, 9.17) is 0 Å². The van der Waals surface area contributed by atoms with Gasteiger partial charge in [0, 0.05) is 6.20 Å². The Morgan fingerprint density at radius 3 is 2.62 bits per heavy atom. The van der Waals surface area contributed by atoms with E-state index in [1.807, 2.05) is 0 Å². The third-order valence-electron chi connectivity index (χ3n) is 1.91. The fraction of sp³-hybridized carbons (Fsp3) is 0.125. The number of furan rings is 1. The lowest BCUT2D eigenvalue weighted by Crippen LogP contribution is -2.22. The van der Waals surface area contributed by atoms with Crippen LogP contribution in [0.4, 0.5) is 13.2 Å². The summed E-state index contributed by atoms with van der Waals surface area (Å²) in [4.78, 5) is 2.69. The normalized spacial score (nSPS) is 13.2. The molecular formula is C8H4F3NO3S. The molecule has 0 aromatic carbocycles. The van der Waals surface area contributed by atoms with Crippen LogP contribution in [0.2, 0.25) is 0 Å². The van der Waals surface area contributed by atoms with Gasteiger partial charge in [-0.1, -0.05) is 0 Å². The minimum Gasteiger partial charge on any atom is -0.445 e. The lowest BCUT2D eigenvalue weighted by molar-refractivity contribution is -0.0435. The predicted octanol–water partition coefficient (Wildman–Crippen LogP) is 2.12. The van der Waals surface area contributed by atoms with Crippen molar-refractivity contribution in [2.45, 2.75) is 10.4 Å². The number of nitrogens with zero attached hydrogens (tertiary/aromatic N) is 1. The van der Waals surface area contributed by atoms with Crippen molar-refractivity contribution in [1.82, 2.24) is 4.98 Å². The Labute approximate surface area is 87.6 Å². The molecule has 2 rings (SSSR count). The third kappa shape index (κ3) is 1.45. The van der Waals surface area contributed by atoms with E-state index in [9.17, 15) is 21.6 Å². The summed E-state index contributed by atoms with van der Waals surface area (Å²) in [7, 11) is -5.39. The highest BCUT2D eigenvalue weighted by Gasteiger charge is 2.48. The van der Waals surface area contributed by atoms with Gasteiger partial charge in [0.2, 0.25) is 5.71 Å². The van der Waals surface area contributed by atoms with E-state index in [1.165, 1.54) is 18.3 Å². The molecule has 0 N–H and O–H groups in total. The summed E-state index contributed by atoms with van der Waals surface area (Å²) >= 11 is 0. The number of sulfone groups is 1. The first-order chi connectivity index (χ1) is 7.34. The van der Waals surface area contributed by atoms with Crippen molar-refractivity contribution in [3.63, 3.8) is 0 Å². The zero-order chi connectivity index (χ0) is 12.0. The number of fused-ring (bicyclic) bond motifs is 1. The summed E-state index contributed by atoms with van der Waals surface area (Å²) < 4.78 is 63.7. The molecule has 2 heterocycles. The third-order valence-corrected chi connectivity index (χ3v) is 3.41. The predicted molar refractivity (Wildman–Crippen MR) is 47.2 cm³/mol. The monoisotopic (exact) mass is 251 g/mol. The van der Waals surface area contributed by atoms with Crippen LogP contribution < -0.4 is 0 Å². The van der Waals surface area contributed by atoms with Gasteiger partial charge in [-0.15, -0.1) is 0 Å². The van der Waals surface area contributed by atoms with Gasteiger partial charge in [0.1, 0.15) is 11.2 Å². The van der Waals surface area contributed by atoms with E-state index in [0.29, 0.717) is 6.26 Å². The molecule has 0 bridgehead atoms. The molecule has 0 unspecified atom stereocenters. The van der Waals surface area contributed by atoms with Crippen LogP contribution in [0.15, 0.2) is 33.9 Å². The molecule has 0 aliphatic rings. The SMILES string of the molecule is O=S(=O)(c1coc2ncccc12)C(F)(F)F. The highest BCUT2D eigenvalue weighted by Crippen LogP contribution is 2.34. The Morgan fingerprint density at radius 2 is 2.00 bits per heavy atom. The topological polar surface area (TPSA) is 60.2 Å². The van der Waals surface area contributed by atoms with Crippen LogP contribution >= 0.6 is 0 Å². The van der Waals surface area contributed by atoms with Crippen LogP contribution in [0.25, 0.3) is 11.1 Å². The summed E-state index contributed by atoms with van der Waals surface area (Å²) in [6, 6.07) is 2.53. The second kappa shape index (κ2) is 3.21. The highest BCUT2D eigenvalue weighted by atomic mass is 32.2. The van der Waals surface area contributed by atoms with Gasteiger partial charge in [-0.3, -0.25) is 0 Å². The molecule has 0 radical (unpaired) electrons. The first kappa shape index (κ1) is 10.9. The Kier molecular flexibility index (Phi) is 2.19. The molecule has 0 spiro atoms. The molecule has 0 fully saturated rings. The molecule has 0 aliphatic carbocycles. The van der Waals surface area contributed by atoms with Gasteiger partial charge in [-0.05, 0) is 12.1 Å². The van der Waals surface area contributed by atoms with Gasteiger partial charge in [-0.2, -0.15) is 13.2 Å². The number of hydrogen-bond donors (Lipinski definition) is 0. The molecule has 2 aromatic rings. The molecule has 0 saturated heterocycles. The van der Waals surface area contributed by atoms with Gasteiger partial charge in [0.25, 0.3) is 9.84 Å². The Bertz CT molecular complexity index is 629. The number of rotatable bonds is 1. The maximum absolute atomic E-state index is 12.3. The van der Waals surface area contributed by atoms with Crippen LogP contribution in [0.1, 0.15) is 0 Å². The Morgan fingerprint density at radius 1 is 1.31 bits per heavy atom.